The van der Waals surface area contributed by atoms with E-state index in [4.69, 9.17) is 23.2 Å². The zero-order valence-electron chi connectivity index (χ0n) is 22.2. The van der Waals surface area contributed by atoms with Crippen molar-refractivity contribution >= 4 is 52.7 Å². The summed E-state index contributed by atoms with van der Waals surface area (Å²) in [4.78, 5) is 43.2. The summed E-state index contributed by atoms with van der Waals surface area (Å²) in [5.41, 5.74) is 2.21. The van der Waals surface area contributed by atoms with Gasteiger partial charge in [0, 0.05) is 65.5 Å². The van der Waals surface area contributed by atoms with Gasteiger partial charge in [-0.2, -0.15) is 0 Å². The van der Waals surface area contributed by atoms with Crippen LogP contribution in [0.1, 0.15) is 24.0 Å². The normalized spacial score (nSPS) is 18.2. The molecule has 208 valence electrons. The molecular weight excluding hydrogens is 547 g/mol. The van der Waals surface area contributed by atoms with Gasteiger partial charge >= 0.3 is 0 Å². The fourth-order valence-corrected chi connectivity index (χ4v) is 4.47. The number of halogens is 4. The predicted molar refractivity (Wildman–Crippen MR) is 150 cm³/mol. The van der Waals surface area contributed by atoms with Gasteiger partial charge in [-0.25, -0.2) is 8.78 Å². The molecule has 2 atom stereocenters. The number of rotatable bonds is 10. The summed E-state index contributed by atoms with van der Waals surface area (Å²) in [6.07, 6.45) is 3.19. The van der Waals surface area contributed by atoms with Crippen molar-refractivity contribution in [3.05, 3.63) is 80.6 Å². The molecule has 1 N–H and O–H groups in total. The second-order valence-corrected chi connectivity index (χ2v) is 10.7. The van der Waals surface area contributed by atoms with E-state index in [1.807, 2.05) is 0 Å². The van der Waals surface area contributed by atoms with E-state index in [2.05, 4.69) is 5.32 Å². The van der Waals surface area contributed by atoms with E-state index in [0.717, 1.165) is 0 Å². The van der Waals surface area contributed by atoms with Crippen LogP contribution in [0.3, 0.4) is 0 Å². The molecule has 0 radical (unpaired) electrons. The second kappa shape index (κ2) is 13.3. The zero-order chi connectivity index (χ0) is 28.9. The number of hydrogen-bond acceptors (Lipinski definition) is 6. The van der Waals surface area contributed by atoms with Gasteiger partial charge in [-0.05, 0) is 47.5 Å². The van der Waals surface area contributed by atoms with Gasteiger partial charge < -0.3 is 15.1 Å². The number of piperidine rings is 1. The maximum atomic E-state index is 13.9. The highest BCUT2D eigenvalue weighted by Gasteiger charge is 2.39. The van der Waals surface area contributed by atoms with E-state index in [1.54, 1.807) is 62.3 Å². The summed E-state index contributed by atoms with van der Waals surface area (Å²) in [7, 11) is 7.00. The van der Waals surface area contributed by atoms with Crippen LogP contribution < -0.4 is 5.32 Å². The van der Waals surface area contributed by atoms with Gasteiger partial charge in [-0.15, -0.1) is 0 Å². The third-order valence-corrected chi connectivity index (χ3v) is 7.19. The molecule has 0 aromatic heterocycles. The number of carbonyl (C=O) groups is 3. The van der Waals surface area contributed by atoms with Crippen molar-refractivity contribution in [1.82, 2.24) is 15.1 Å². The average molecular weight is 578 g/mol. The molecule has 10 heteroatoms. The lowest BCUT2D eigenvalue weighted by atomic mass is 9.81. The van der Waals surface area contributed by atoms with Crippen LogP contribution in [0, 0.1) is 23.5 Å². The number of allylic oxidation sites excluding steroid dienone is 2. The molecule has 0 aliphatic carbocycles. The molecule has 0 amide bonds. The standard InChI is InChI=1S/C29H31Cl2F2N3O3/c1-35(2)19(9-17-5-7-23(30)25(32)11-17)13-27(37)21-15-34-16-22(29(21)39)28(38)14-20(36(3)4)10-18-6-8-24(31)26(33)12-18/h5-12,21-22,34H,13-16H2,1-4H3/b19-9+,20-10+. The lowest BCUT2D eigenvalue weighted by Crippen LogP contribution is -2.50. The first-order valence-corrected chi connectivity index (χ1v) is 13.1. The number of Topliss-reactive ketones (excluding diaryl/α,β-unsaturated/α-hetero) is 3. The summed E-state index contributed by atoms with van der Waals surface area (Å²) >= 11 is 11.5. The highest BCUT2D eigenvalue weighted by atomic mass is 35.5. The molecule has 2 aromatic rings. The van der Waals surface area contributed by atoms with Crippen molar-refractivity contribution in [1.29, 1.82) is 0 Å². The van der Waals surface area contributed by atoms with E-state index >= 15 is 0 Å². The molecule has 39 heavy (non-hydrogen) atoms. The maximum absolute atomic E-state index is 13.9. The Balaban J connectivity index is 1.75. The molecule has 1 aliphatic rings. The molecular formula is C29H31Cl2F2N3O3. The molecule has 1 saturated heterocycles. The Hall–Kier alpha value is -3.07. The second-order valence-electron chi connectivity index (χ2n) is 9.86. The summed E-state index contributed by atoms with van der Waals surface area (Å²) in [5, 5.41) is 3.05. The predicted octanol–water partition coefficient (Wildman–Crippen LogP) is 5.10. The maximum Gasteiger partial charge on any atom is 0.156 e. The Morgan fingerprint density at radius 3 is 1.54 bits per heavy atom. The smallest absolute Gasteiger partial charge is 0.156 e. The molecule has 1 aliphatic heterocycles. The van der Waals surface area contributed by atoms with Gasteiger partial charge in [0.15, 0.2) is 5.78 Å². The van der Waals surface area contributed by atoms with E-state index < -0.39 is 29.3 Å². The molecule has 0 spiro atoms. The van der Waals surface area contributed by atoms with Crippen LogP contribution in [0.4, 0.5) is 8.78 Å². The molecule has 2 unspecified atom stereocenters. The van der Waals surface area contributed by atoms with Crippen molar-refractivity contribution in [3.8, 4) is 0 Å². The minimum absolute atomic E-state index is 0.00295. The van der Waals surface area contributed by atoms with Crippen molar-refractivity contribution < 1.29 is 23.2 Å². The Bertz CT molecular complexity index is 1230. The number of nitrogens with zero attached hydrogens (tertiary/aromatic N) is 2. The summed E-state index contributed by atoms with van der Waals surface area (Å²) in [6, 6.07) is 8.68. The van der Waals surface area contributed by atoms with Crippen LogP contribution in [0.5, 0.6) is 0 Å². The Labute approximate surface area is 237 Å². The third-order valence-electron chi connectivity index (χ3n) is 6.57. The lowest BCUT2D eigenvalue weighted by molar-refractivity contribution is -0.140. The van der Waals surface area contributed by atoms with Crippen LogP contribution >= 0.6 is 23.2 Å². The Kier molecular flexibility index (Phi) is 10.4. The number of nitrogens with one attached hydrogen (secondary N) is 1. The van der Waals surface area contributed by atoms with E-state index in [9.17, 15) is 23.2 Å². The monoisotopic (exact) mass is 577 g/mol. The van der Waals surface area contributed by atoms with Crippen molar-refractivity contribution in [2.75, 3.05) is 41.3 Å². The fraction of sp³-hybridized carbons (Fsp3) is 0.345. The molecule has 2 aromatic carbocycles. The van der Waals surface area contributed by atoms with E-state index in [0.29, 0.717) is 22.5 Å². The van der Waals surface area contributed by atoms with E-state index in [1.165, 1.54) is 24.3 Å². The zero-order valence-corrected chi connectivity index (χ0v) is 23.7. The van der Waals surface area contributed by atoms with Gasteiger partial charge in [0.1, 0.15) is 23.2 Å². The minimum Gasteiger partial charge on any atom is -0.381 e. The first-order valence-electron chi connectivity index (χ1n) is 12.3. The van der Waals surface area contributed by atoms with E-state index in [-0.39, 0.29) is 47.5 Å². The largest absolute Gasteiger partial charge is 0.381 e. The van der Waals surface area contributed by atoms with Crippen molar-refractivity contribution in [3.63, 3.8) is 0 Å². The quantitative estimate of drug-likeness (QED) is 0.396. The fourth-order valence-electron chi connectivity index (χ4n) is 4.23. The van der Waals surface area contributed by atoms with Gasteiger partial charge in [0.05, 0.1) is 21.9 Å². The van der Waals surface area contributed by atoms with Crippen LogP contribution in [0.2, 0.25) is 10.0 Å². The Morgan fingerprint density at radius 1 is 0.821 bits per heavy atom. The molecule has 1 heterocycles. The molecule has 3 rings (SSSR count). The van der Waals surface area contributed by atoms with Crippen molar-refractivity contribution in [2.45, 2.75) is 12.8 Å². The van der Waals surface area contributed by atoms with Crippen LogP contribution in [-0.4, -0.2) is 68.4 Å². The highest BCUT2D eigenvalue weighted by molar-refractivity contribution is 6.31. The summed E-state index contributed by atoms with van der Waals surface area (Å²) in [6.45, 7) is 0.274. The van der Waals surface area contributed by atoms with Gasteiger partial charge in [0.2, 0.25) is 0 Å². The van der Waals surface area contributed by atoms with Crippen LogP contribution in [-0.2, 0) is 14.4 Å². The molecule has 0 bridgehead atoms. The molecule has 1 fully saturated rings. The SMILES string of the molecule is CN(C)/C(=C/c1ccc(Cl)c(F)c1)CC(=O)C1CNCC(C(=O)C/C(=C\c2ccc(Cl)c(F)c2)N(C)C)C1=O. The third kappa shape index (κ3) is 7.97. The summed E-state index contributed by atoms with van der Waals surface area (Å²) < 4.78 is 27.8. The van der Waals surface area contributed by atoms with Gasteiger partial charge in [-0.3, -0.25) is 14.4 Å². The van der Waals surface area contributed by atoms with Crippen LogP contribution in [0.25, 0.3) is 12.2 Å². The summed E-state index contributed by atoms with van der Waals surface area (Å²) in [5.74, 6) is -4.22. The first kappa shape index (κ1) is 30.5. The van der Waals surface area contributed by atoms with Crippen LogP contribution in [0.15, 0.2) is 47.8 Å². The van der Waals surface area contributed by atoms with Gasteiger partial charge in [-0.1, -0.05) is 35.3 Å². The molecule has 6 nitrogen and oxygen atoms in total. The minimum atomic E-state index is -0.991. The first-order chi connectivity index (χ1) is 18.4. The molecule has 0 saturated carbocycles. The number of carbonyl (C=O) groups excluding carboxylic acids is 3. The number of ketones is 3. The topological polar surface area (TPSA) is 69.7 Å². The highest BCUT2D eigenvalue weighted by Crippen LogP contribution is 2.25. The lowest BCUT2D eigenvalue weighted by Gasteiger charge is -2.29. The number of hydrogen-bond donors (Lipinski definition) is 1. The Morgan fingerprint density at radius 2 is 1.21 bits per heavy atom. The van der Waals surface area contributed by atoms with Crippen molar-refractivity contribution in [2.24, 2.45) is 11.8 Å². The average Bonchev–Trinajstić information content (AvgIpc) is 2.87. The number of benzene rings is 2. The van der Waals surface area contributed by atoms with Gasteiger partial charge in [0.25, 0.3) is 0 Å².